The van der Waals surface area contributed by atoms with E-state index in [0.717, 1.165) is 5.39 Å². The summed E-state index contributed by atoms with van der Waals surface area (Å²) in [5.74, 6) is -1.41. The Kier molecular flexibility index (Phi) is 5.34. The molecule has 3 aromatic rings. The number of piperidine rings is 1. The number of imide groups is 1. The standard InChI is InChI=1S/C23H17Cl2N3O5/c24-13-2-5-17-12(7-13)8-18(33-17)22(31)26-9-11-1-3-14-15(20(11)25)10-28(23(14)32)16-4-6-19(29)27-21(16)30/h1-3,5,7-8,16H,4,6,9-10H2,(H,26,31)(H,27,29,30). The molecule has 2 aliphatic heterocycles. The van der Waals surface area contributed by atoms with Gasteiger partial charge in [-0.1, -0.05) is 29.3 Å². The number of halogens is 2. The Bertz CT molecular complexity index is 1350. The fraction of sp³-hybridized carbons (Fsp3) is 0.217. The zero-order valence-electron chi connectivity index (χ0n) is 17.1. The third-order valence-electron chi connectivity index (χ3n) is 5.87. The maximum atomic E-state index is 12.9. The van der Waals surface area contributed by atoms with Crippen LogP contribution < -0.4 is 10.6 Å². The van der Waals surface area contributed by atoms with Crippen molar-refractivity contribution in [2.24, 2.45) is 0 Å². The van der Waals surface area contributed by atoms with Gasteiger partial charge in [0.25, 0.3) is 11.8 Å². The van der Waals surface area contributed by atoms with E-state index in [1.54, 1.807) is 36.4 Å². The molecule has 1 unspecified atom stereocenters. The second-order valence-electron chi connectivity index (χ2n) is 7.94. The Labute approximate surface area is 197 Å². The van der Waals surface area contributed by atoms with E-state index in [2.05, 4.69) is 10.6 Å². The van der Waals surface area contributed by atoms with Crippen LogP contribution in [0.15, 0.2) is 40.8 Å². The molecule has 0 spiro atoms. The van der Waals surface area contributed by atoms with Gasteiger partial charge in [0.05, 0.1) is 5.02 Å². The van der Waals surface area contributed by atoms with Crippen LogP contribution in [0.5, 0.6) is 0 Å². The van der Waals surface area contributed by atoms with Crippen LogP contribution in [-0.4, -0.2) is 34.6 Å². The molecule has 2 N–H and O–H groups in total. The van der Waals surface area contributed by atoms with Crippen LogP contribution in [-0.2, 0) is 22.7 Å². The fourth-order valence-corrected chi connectivity index (χ4v) is 4.65. The van der Waals surface area contributed by atoms with Gasteiger partial charge in [-0.25, -0.2) is 0 Å². The maximum absolute atomic E-state index is 12.9. The van der Waals surface area contributed by atoms with Gasteiger partial charge in [-0.2, -0.15) is 0 Å². The Hall–Kier alpha value is -3.36. The minimum absolute atomic E-state index is 0.120. The monoisotopic (exact) mass is 485 g/mol. The Morgan fingerprint density at radius 2 is 1.97 bits per heavy atom. The molecule has 5 rings (SSSR count). The zero-order valence-corrected chi connectivity index (χ0v) is 18.6. The van der Waals surface area contributed by atoms with Gasteiger partial charge >= 0.3 is 0 Å². The van der Waals surface area contributed by atoms with Crippen molar-refractivity contribution in [2.75, 3.05) is 0 Å². The lowest BCUT2D eigenvalue weighted by atomic mass is 10.0. The lowest BCUT2D eigenvalue weighted by Crippen LogP contribution is -2.52. The van der Waals surface area contributed by atoms with Gasteiger partial charge in [0.2, 0.25) is 11.8 Å². The number of carbonyl (C=O) groups excluding carboxylic acids is 4. The van der Waals surface area contributed by atoms with Crippen LogP contribution in [0.2, 0.25) is 10.0 Å². The van der Waals surface area contributed by atoms with Crippen molar-refractivity contribution in [1.82, 2.24) is 15.5 Å². The van der Waals surface area contributed by atoms with Crippen LogP contribution in [0.3, 0.4) is 0 Å². The van der Waals surface area contributed by atoms with Crippen molar-refractivity contribution in [3.05, 3.63) is 68.9 Å². The lowest BCUT2D eigenvalue weighted by molar-refractivity contribution is -0.136. The summed E-state index contributed by atoms with van der Waals surface area (Å²) in [6, 6.07) is 9.28. The molecule has 33 heavy (non-hydrogen) atoms. The number of nitrogens with one attached hydrogen (secondary N) is 2. The smallest absolute Gasteiger partial charge is 0.287 e. The van der Waals surface area contributed by atoms with Crippen molar-refractivity contribution < 1.29 is 23.6 Å². The van der Waals surface area contributed by atoms with E-state index >= 15 is 0 Å². The largest absolute Gasteiger partial charge is 0.451 e. The first-order valence-corrected chi connectivity index (χ1v) is 11.0. The Balaban J connectivity index is 1.31. The van der Waals surface area contributed by atoms with E-state index in [0.29, 0.717) is 32.3 Å². The molecule has 1 aromatic heterocycles. The summed E-state index contributed by atoms with van der Waals surface area (Å²) < 4.78 is 5.57. The van der Waals surface area contributed by atoms with Crippen molar-refractivity contribution in [2.45, 2.75) is 32.0 Å². The summed E-state index contributed by atoms with van der Waals surface area (Å²) in [6.07, 6.45) is 0.448. The number of furan rings is 1. The first-order valence-electron chi connectivity index (χ1n) is 10.2. The first kappa shape index (κ1) is 21.5. The summed E-state index contributed by atoms with van der Waals surface area (Å²) in [5.41, 5.74) is 2.18. The average Bonchev–Trinajstić information content (AvgIpc) is 3.35. The van der Waals surface area contributed by atoms with Crippen LogP contribution in [0.1, 0.15) is 44.9 Å². The number of carbonyl (C=O) groups is 4. The highest BCUT2D eigenvalue weighted by Gasteiger charge is 2.40. The SMILES string of the molecule is O=C1CCC(N2Cc3c(ccc(CNC(=O)c4cc5cc(Cl)ccc5o4)c3Cl)C2=O)C(=O)N1. The molecule has 0 radical (unpaired) electrons. The molecule has 0 aliphatic carbocycles. The fourth-order valence-electron chi connectivity index (χ4n) is 4.18. The highest BCUT2D eigenvalue weighted by Crippen LogP contribution is 2.34. The van der Waals surface area contributed by atoms with Crippen molar-refractivity contribution >= 4 is 57.8 Å². The molecule has 4 amide bonds. The number of rotatable bonds is 4. The van der Waals surface area contributed by atoms with Gasteiger partial charge in [-0.3, -0.25) is 24.5 Å². The number of amides is 4. The number of hydrogen-bond acceptors (Lipinski definition) is 5. The van der Waals surface area contributed by atoms with Crippen LogP contribution >= 0.6 is 23.2 Å². The highest BCUT2D eigenvalue weighted by molar-refractivity contribution is 6.33. The Morgan fingerprint density at radius 1 is 1.15 bits per heavy atom. The molecule has 1 atom stereocenters. The summed E-state index contributed by atoms with van der Waals surface area (Å²) >= 11 is 12.5. The lowest BCUT2D eigenvalue weighted by Gasteiger charge is -2.29. The predicted molar refractivity (Wildman–Crippen MR) is 120 cm³/mol. The van der Waals surface area contributed by atoms with Crippen molar-refractivity contribution in [3.63, 3.8) is 0 Å². The Morgan fingerprint density at radius 3 is 2.76 bits per heavy atom. The van der Waals surface area contributed by atoms with Gasteiger partial charge in [-0.05, 0) is 42.3 Å². The van der Waals surface area contributed by atoms with E-state index in [1.807, 2.05) is 0 Å². The number of benzene rings is 2. The van der Waals surface area contributed by atoms with Gasteiger partial charge in [-0.15, -0.1) is 0 Å². The van der Waals surface area contributed by atoms with Crippen molar-refractivity contribution in [3.8, 4) is 0 Å². The minimum atomic E-state index is -0.719. The number of fused-ring (bicyclic) bond motifs is 2. The summed E-state index contributed by atoms with van der Waals surface area (Å²) in [6.45, 7) is 0.279. The molecule has 2 aromatic carbocycles. The van der Waals surface area contributed by atoms with Crippen LogP contribution in [0.25, 0.3) is 11.0 Å². The van der Waals surface area contributed by atoms with E-state index < -0.39 is 17.9 Å². The van der Waals surface area contributed by atoms with Crippen LogP contribution in [0.4, 0.5) is 0 Å². The van der Waals surface area contributed by atoms with E-state index in [-0.39, 0.29) is 43.5 Å². The van der Waals surface area contributed by atoms with Gasteiger partial charge in [0.15, 0.2) is 5.76 Å². The minimum Gasteiger partial charge on any atom is -0.451 e. The second-order valence-corrected chi connectivity index (χ2v) is 8.75. The molecule has 0 bridgehead atoms. The van der Waals surface area contributed by atoms with E-state index in [9.17, 15) is 19.2 Å². The zero-order chi connectivity index (χ0) is 23.3. The molecule has 1 fully saturated rings. The molecule has 3 heterocycles. The quantitative estimate of drug-likeness (QED) is 0.550. The molecule has 8 nitrogen and oxygen atoms in total. The van der Waals surface area contributed by atoms with Gasteiger partial charge in [0, 0.05) is 41.0 Å². The normalized spacial score (nSPS) is 17.9. The molecule has 168 valence electrons. The summed E-state index contributed by atoms with van der Waals surface area (Å²) in [5, 5.41) is 6.66. The van der Waals surface area contributed by atoms with E-state index in [1.165, 1.54) is 4.90 Å². The third kappa shape index (κ3) is 3.85. The molecule has 0 saturated carbocycles. The van der Waals surface area contributed by atoms with Gasteiger partial charge in [0.1, 0.15) is 11.6 Å². The maximum Gasteiger partial charge on any atom is 0.287 e. The predicted octanol–water partition coefficient (Wildman–Crippen LogP) is 3.43. The van der Waals surface area contributed by atoms with Crippen molar-refractivity contribution in [1.29, 1.82) is 0 Å². The second kappa shape index (κ2) is 8.20. The average molecular weight is 486 g/mol. The highest BCUT2D eigenvalue weighted by atomic mass is 35.5. The van der Waals surface area contributed by atoms with E-state index in [4.69, 9.17) is 27.6 Å². The third-order valence-corrected chi connectivity index (χ3v) is 6.58. The van der Waals surface area contributed by atoms with Gasteiger partial charge < -0.3 is 14.6 Å². The summed E-state index contributed by atoms with van der Waals surface area (Å²) in [7, 11) is 0. The van der Waals surface area contributed by atoms with Crippen LogP contribution in [0, 0.1) is 0 Å². The molecule has 10 heteroatoms. The molecule has 1 saturated heterocycles. The topological polar surface area (TPSA) is 109 Å². The summed E-state index contributed by atoms with van der Waals surface area (Å²) in [4.78, 5) is 50.5. The first-order chi connectivity index (χ1) is 15.8. The molecular formula is C23H17Cl2N3O5. The molecule has 2 aliphatic rings. The number of hydrogen-bond donors (Lipinski definition) is 2. The number of nitrogens with zero attached hydrogens (tertiary/aromatic N) is 1. The molecular weight excluding hydrogens is 469 g/mol.